The minimum atomic E-state index is -4.97. The number of nitrogens with two attached hydrogens (primary N) is 1. The second-order valence-corrected chi connectivity index (χ2v) is 9.55. The minimum Gasteiger partial charge on any atom is -0.422 e. The van der Waals surface area contributed by atoms with E-state index in [0.717, 1.165) is 6.07 Å². The monoisotopic (exact) mass is 586 g/mol. The molecule has 0 saturated carbocycles. The molecule has 4 rings (SSSR count). The van der Waals surface area contributed by atoms with Crippen molar-refractivity contribution in [3.05, 3.63) is 93.8 Å². The van der Waals surface area contributed by atoms with Gasteiger partial charge in [-0.1, -0.05) is 12.1 Å². The highest BCUT2D eigenvalue weighted by molar-refractivity contribution is 7.84. The van der Waals surface area contributed by atoms with Gasteiger partial charge in [0.25, 0.3) is 0 Å². The molecule has 1 amide bonds. The molecule has 0 unspecified atom stereocenters. The number of hydrogen-bond acceptors (Lipinski definition) is 6. The molecule has 0 radical (unpaired) electrons. The van der Waals surface area contributed by atoms with E-state index in [1.165, 1.54) is 42.5 Å². The van der Waals surface area contributed by atoms with Crippen LogP contribution in [-0.2, 0) is 33.9 Å². The molecule has 0 bridgehead atoms. The Morgan fingerprint density at radius 2 is 1.57 bits per heavy atom. The van der Waals surface area contributed by atoms with E-state index in [4.69, 9.17) is 9.56 Å². The third-order valence-electron chi connectivity index (χ3n) is 5.49. The summed E-state index contributed by atoms with van der Waals surface area (Å²) in [6.07, 6.45) is -10.9. The van der Waals surface area contributed by atoms with Crippen LogP contribution in [0.2, 0.25) is 0 Å². The molecular formula is C25H16F6N2O6S. The highest BCUT2D eigenvalue weighted by atomic mass is 32.2. The summed E-state index contributed by atoms with van der Waals surface area (Å²) in [5, 5.41) is 7.52. The van der Waals surface area contributed by atoms with Crippen LogP contribution in [0.1, 0.15) is 16.7 Å². The average Bonchev–Trinajstić information content (AvgIpc) is 2.82. The van der Waals surface area contributed by atoms with Gasteiger partial charge in [0.15, 0.2) is 0 Å². The molecule has 4 aromatic rings. The maximum Gasteiger partial charge on any atom is 0.416 e. The normalized spacial score (nSPS) is 12.4. The molecule has 1 aromatic heterocycles. The smallest absolute Gasteiger partial charge is 0.416 e. The van der Waals surface area contributed by atoms with Crippen LogP contribution in [-0.4, -0.2) is 14.3 Å². The summed E-state index contributed by atoms with van der Waals surface area (Å²) in [5.41, 5.74) is -3.81. The van der Waals surface area contributed by atoms with E-state index in [1.807, 2.05) is 0 Å². The molecule has 1 heterocycles. The van der Waals surface area contributed by atoms with Gasteiger partial charge in [0, 0.05) is 17.1 Å². The summed E-state index contributed by atoms with van der Waals surface area (Å²) in [5.74, 6) is -1.18. The maximum absolute atomic E-state index is 13.3. The van der Waals surface area contributed by atoms with E-state index >= 15 is 0 Å². The number of amides is 1. The predicted molar refractivity (Wildman–Crippen MR) is 130 cm³/mol. The number of halogens is 6. The van der Waals surface area contributed by atoms with Crippen LogP contribution < -0.4 is 20.3 Å². The molecule has 0 aliphatic carbocycles. The zero-order valence-corrected chi connectivity index (χ0v) is 20.6. The quantitative estimate of drug-likeness (QED) is 0.234. The lowest BCUT2D eigenvalue weighted by Crippen LogP contribution is -2.19. The fraction of sp³-hybridized carbons (Fsp3) is 0.120. The third kappa shape index (κ3) is 6.79. The van der Waals surface area contributed by atoms with E-state index in [2.05, 4.69) is 9.50 Å². The van der Waals surface area contributed by atoms with Crippen molar-refractivity contribution in [3.63, 3.8) is 0 Å². The highest BCUT2D eigenvalue weighted by Crippen LogP contribution is 2.37. The number of carbonyl (C=O) groups excluding carboxylic acids is 1. The van der Waals surface area contributed by atoms with Crippen molar-refractivity contribution in [1.82, 2.24) is 0 Å². The summed E-state index contributed by atoms with van der Waals surface area (Å²) in [4.78, 5) is 24.9. The molecule has 210 valence electrons. The van der Waals surface area contributed by atoms with E-state index in [-0.39, 0.29) is 34.7 Å². The number of hydrogen-bond donors (Lipinski definition) is 2. The summed E-state index contributed by atoms with van der Waals surface area (Å²) >= 11 is 0. The van der Waals surface area contributed by atoms with Crippen LogP contribution >= 0.6 is 0 Å². The van der Waals surface area contributed by atoms with Gasteiger partial charge in [-0.05, 0) is 59.7 Å². The van der Waals surface area contributed by atoms with E-state index in [0.29, 0.717) is 17.0 Å². The Balaban J connectivity index is 1.54. The summed E-state index contributed by atoms with van der Waals surface area (Å²) in [7, 11) is -4.30. The molecule has 3 aromatic carbocycles. The molecular weight excluding hydrogens is 570 g/mol. The van der Waals surface area contributed by atoms with Crippen LogP contribution in [0.3, 0.4) is 0 Å². The van der Waals surface area contributed by atoms with Crippen molar-refractivity contribution in [2.24, 2.45) is 5.14 Å². The van der Waals surface area contributed by atoms with Crippen molar-refractivity contribution in [2.75, 3.05) is 5.32 Å². The topological polar surface area (TPSA) is 129 Å². The van der Waals surface area contributed by atoms with Gasteiger partial charge in [-0.2, -0.15) is 39.9 Å². The summed E-state index contributed by atoms with van der Waals surface area (Å²) < 4.78 is 111. The van der Waals surface area contributed by atoms with Crippen molar-refractivity contribution in [1.29, 1.82) is 0 Å². The SMILES string of the molecule is NS(=O)(=O)Oc1ccc2cc(-c3ccc(NC(=O)Cc4cc(C(F)(F)F)ccc4C(F)(F)F)cc3)c(=O)oc2c1. The molecule has 3 N–H and O–H groups in total. The number of carbonyl (C=O) groups is 1. The molecule has 0 fully saturated rings. The maximum atomic E-state index is 13.3. The van der Waals surface area contributed by atoms with Crippen LogP contribution in [0.15, 0.2) is 75.9 Å². The highest BCUT2D eigenvalue weighted by Gasteiger charge is 2.37. The van der Waals surface area contributed by atoms with Crippen molar-refractivity contribution in [2.45, 2.75) is 18.8 Å². The zero-order valence-electron chi connectivity index (χ0n) is 19.8. The van der Waals surface area contributed by atoms with Gasteiger partial charge in [0.1, 0.15) is 11.3 Å². The first kappa shape index (κ1) is 28.6. The van der Waals surface area contributed by atoms with Gasteiger partial charge in [-0.25, -0.2) is 4.79 Å². The fourth-order valence-corrected chi connectivity index (χ4v) is 4.15. The standard InChI is InChI=1S/C25H16F6N2O6S/c26-24(27,28)16-4-8-20(25(29,30)31)15(9-16)11-22(34)33-17-5-1-13(2-6-17)19-10-14-3-7-18(39-40(32,36)37)12-21(14)38-23(19)35/h1-10,12H,11H2,(H,33,34)(H2,32,36,37). The van der Waals surface area contributed by atoms with Crippen molar-refractivity contribution < 1.29 is 48.2 Å². The van der Waals surface area contributed by atoms with Crippen molar-refractivity contribution in [3.8, 4) is 16.9 Å². The van der Waals surface area contributed by atoms with Gasteiger partial charge in [0.2, 0.25) is 5.91 Å². The molecule has 0 aliphatic heterocycles. The van der Waals surface area contributed by atoms with E-state index in [9.17, 15) is 44.3 Å². The summed E-state index contributed by atoms with van der Waals surface area (Å²) in [6.45, 7) is 0. The predicted octanol–water partition coefficient (Wildman–Crippen LogP) is 5.26. The first-order chi connectivity index (χ1) is 18.5. The lowest BCUT2D eigenvalue weighted by atomic mass is 10.00. The number of rotatable bonds is 6. The number of anilines is 1. The zero-order chi connectivity index (χ0) is 29.5. The first-order valence-electron chi connectivity index (χ1n) is 11.0. The molecule has 0 saturated heterocycles. The van der Waals surface area contributed by atoms with Crippen LogP contribution in [0.25, 0.3) is 22.1 Å². The van der Waals surface area contributed by atoms with Gasteiger partial charge in [-0.15, -0.1) is 0 Å². The fourth-order valence-electron chi connectivity index (χ4n) is 3.78. The second kappa shape index (κ2) is 10.3. The number of fused-ring (bicyclic) bond motifs is 1. The molecule has 8 nitrogen and oxygen atoms in total. The summed E-state index contributed by atoms with van der Waals surface area (Å²) in [6, 6.07) is 11.6. The number of alkyl halides is 6. The van der Waals surface area contributed by atoms with Gasteiger partial charge >= 0.3 is 28.3 Å². The third-order valence-corrected chi connectivity index (χ3v) is 5.91. The van der Waals surface area contributed by atoms with Gasteiger partial charge < -0.3 is 13.9 Å². The Bertz CT molecular complexity index is 1760. The molecule has 0 spiro atoms. The van der Waals surface area contributed by atoms with Crippen LogP contribution in [0.5, 0.6) is 5.75 Å². The van der Waals surface area contributed by atoms with Crippen LogP contribution in [0.4, 0.5) is 32.0 Å². The molecule has 15 heteroatoms. The Kier molecular flexibility index (Phi) is 7.38. The Morgan fingerprint density at radius 3 is 2.17 bits per heavy atom. The minimum absolute atomic E-state index is 0.00611. The average molecular weight is 586 g/mol. The molecule has 0 atom stereocenters. The number of benzene rings is 3. The Morgan fingerprint density at radius 1 is 0.900 bits per heavy atom. The lowest BCUT2D eigenvalue weighted by molar-refractivity contribution is -0.142. The largest absolute Gasteiger partial charge is 0.422 e. The Hall–Kier alpha value is -4.37. The molecule has 40 heavy (non-hydrogen) atoms. The van der Waals surface area contributed by atoms with Gasteiger partial charge in [-0.3, -0.25) is 4.79 Å². The van der Waals surface area contributed by atoms with Crippen molar-refractivity contribution >= 4 is 32.9 Å². The molecule has 0 aliphatic rings. The number of nitrogens with one attached hydrogen (secondary N) is 1. The lowest BCUT2D eigenvalue weighted by Gasteiger charge is -2.16. The van der Waals surface area contributed by atoms with E-state index in [1.54, 1.807) is 0 Å². The first-order valence-corrected chi connectivity index (χ1v) is 12.4. The Labute approximate surface area is 221 Å². The van der Waals surface area contributed by atoms with Gasteiger partial charge in [0.05, 0.1) is 23.1 Å². The van der Waals surface area contributed by atoms with Crippen LogP contribution in [0, 0.1) is 0 Å². The van der Waals surface area contributed by atoms with E-state index < -0.39 is 57.3 Å². The second-order valence-electron chi connectivity index (χ2n) is 8.39.